The summed E-state index contributed by atoms with van der Waals surface area (Å²) in [5, 5.41) is 1.67. The number of aryl methyl sites for hydroxylation is 4. The van der Waals surface area contributed by atoms with Gasteiger partial charge in [0.15, 0.2) is 5.13 Å². The standard InChI is InChI=1S/C21H26N4O2S2/c1-13-5-6-17-18(14(13)2)23-21(29-17)25(8-7-24-9-11-27-12-10-24)20(26)19-15(3)22-16(4)28-19/h5-6H,7-12H2,1-4H3. The van der Waals surface area contributed by atoms with Crippen molar-refractivity contribution in [1.29, 1.82) is 0 Å². The molecule has 1 aliphatic heterocycles. The quantitative estimate of drug-likeness (QED) is 0.613. The molecule has 0 spiro atoms. The summed E-state index contributed by atoms with van der Waals surface area (Å²) in [5.74, 6) is -0.00482. The minimum Gasteiger partial charge on any atom is -0.379 e. The minimum atomic E-state index is -0.00482. The van der Waals surface area contributed by atoms with Gasteiger partial charge in [-0.15, -0.1) is 11.3 Å². The number of carbonyl (C=O) groups excluding carboxylic acids is 1. The Balaban J connectivity index is 1.68. The molecule has 2 aromatic heterocycles. The summed E-state index contributed by atoms with van der Waals surface area (Å²) in [6.45, 7) is 12.8. The maximum atomic E-state index is 13.5. The van der Waals surface area contributed by atoms with Crippen LogP contribution in [0, 0.1) is 27.7 Å². The molecule has 6 nitrogen and oxygen atoms in total. The van der Waals surface area contributed by atoms with Crippen molar-refractivity contribution in [1.82, 2.24) is 14.9 Å². The molecule has 1 fully saturated rings. The summed E-state index contributed by atoms with van der Waals surface area (Å²) in [6.07, 6.45) is 0. The normalized spacial score (nSPS) is 15.2. The molecule has 0 aliphatic carbocycles. The van der Waals surface area contributed by atoms with E-state index in [1.165, 1.54) is 22.5 Å². The number of fused-ring (bicyclic) bond motifs is 1. The number of anilines is 1. The predicted molar refractivity (Wildman–Crippen MR) is 120 cm³/mol. The Labute approximate surface area is 179 Å². The number of carbonyl (C=O) groups is 1. The van der Waals surface area contributed by atoms with E-state index in [1.807, 2.05) is 18.7 Å². The zero-order valence-electron chi connectivity index (χ0n) is 17.3. The third-order valence-electron chi connectivity index (χ3n) is 5.39. The van der Waals surface area contributed by atoms with Crippen LogP contribution < -0.4 is 4.90 Å². The largest absolute Gasteiger partial charge is 0.379 e. The van der Waals surface area contributed by atoms with Gasteiger partial charge < -0.3 is 4.74 Å². The SMILES string of the molecule is Cc1nc(C)c(C(=O)N(CCN2CCOCC2)c2nc3c(C)c(C)ccc3s2)s1. The lowest BCUT2D eigenvalue weighted by Crippen LogP contribution is -2.43. The number of morpholine rings is 1. The molecule has 0 N–H and O–H groups in total. The van der Waals surface area contributed by atoms with Gasteiger partial charge in [-0.1, -0.05) is 17.4 Å². The number of hydrogen-bond donors (Lipinski definition) is 0. The second-order valence-electron chi connectivity index (χ2n) is 7.41. The van der Waals surface area contributed by atoms with Gasteiger partial charge in [0, 0.05) is 26.2 Å². The van der Waals surface area contributed by atoms with Crippen LogP contribution in [0.5, 0.6) is 0 Å². The molecule has 4 rings (SSSR count). The van der Waals surface area contributed by atoms with E-state index in [1.54, 1.807) is 11.3 Å². The average molecular weight is 431 g/mol. The highest BCUT2D eigenvalue weighted by Crippen LogP contribution is 2.33. The molecule has 3 aromatic rings. The van der Waals surface area contributed by atoms with Gasteiger partial charge in [-0.3, -0.25) is 14.6 Å². The molecule has 8 heteroatoms. The van der Waals surface area contributed by atoms with Crippen molar-refractivity contribution in [3.63, 3.8) is 0 Å². The lowest BCUT2D eigenvalue weighted by Gasteiger charge is -2.29. The van der Waals surface area contributed by atoms with Gasteiger partial charge in [0.05, 0.1) is 34.1 Å². The molecule has 3 heterocycles. The Kier molecular flexibility index (Phi) is 5.96. The molecule has 1 saturated heterocycles. The van der Waals surface area contributed by atoms with E-state index in [-0.39, 0.29) is 5.91 Å². The third-order valence-corrected chi connectivity index (χ3v) is 7.50. The van der Waals surface area contributed by atoms with Crippen molar-refractivity contribution in [2.45, 2.75) is 27.7 Å². The van der Waals surface area contributed by atoms with Gasteiger partial charge in [0.25, 0.3) is 5.91 Å². The van der Waals surface area contributed by atoms with E-state index in [2.05, 4.69) is 35.9 Å². The first kappa shape index (κ1) is 20.4. The predicted octanol–water partition coefficient (Wildman–Crippen LogP) is 3.97. The van der Waals surface area contributed by atoms with Crippen LogP contribution in [0.25, 0.3) is 10.2 Å². The van der Waals surface area contributed by atoms with Crippen molar-refractivity contribution >= 4 is 43.9 Å². The zero-order valence-corrected chi connectivity index (χ0v) is 19.0. The Morgan fingerprint density at radius 2 is 1.90 bits per heavy atom. The smallest absolute Gasteiger partial charge is 0.272 e. The second kappa shape index (κ2) is 8.47. The Morgan fingerprint density at radius 1 is 1.14 bits per heavy atom. The molecular formula is C21H26N4O2S2. The molecule has 0 radical (unpaired) electrons. The van der Waals surface area contributed by atoms with Crippen LogP contribution in [-0.2, 0) is 4.74 Å². The van der Waals surface area contributed by atoms with Crippen LogP contribution >= 0.6 is 22.7 Å². The van der Waals surface area contributed by atoms with E-state index >= 15 is 0 Å². The minimum absolute atomic E-state index is 0.00482. The van der Waals surface area contributed by atoms with Gasteiger partial charge in [0.1, 0.15) is 4.88 Å². The second-order valence-corrected chi connectivity index (χ2v) is 9.62. The van der Waals surface area contributed by atoms with Crippen molar-refractivity contribution in [3.8, 4) is 0 Å². The molecule has 0 unspecified atom stereocenters. The summed E-state index contributed by atoms with van der Waals surface area (Å²) >= 11 is 3.05. The molecule has 1 amide bonds. The number of rotatable bonds is 5. The molecule has 0 bridgehead atoms. The summed E-state index contributed by atoms with van der Waals surface area (Å²) in [6, 6.07) is 4.22. The summed E-state index contributed by atoms with van der Waals surface area (Å²) in [5.41, 5.74) is 4.18. The Hall–Kier alpha value is -1.87. The summed E-state index contributed by atoms with van der Waals surface area (Å²) in [4.78, 5) is 27.7. The highest BCUT2D eigenvalue weighted by Gasteiger charge is 2.26. The van der Waals surface area contributed by atoms with E-state index in [0.29, 0.717) is 11.4 Å². The van der Waals surface area contributed by atoms with Gasteiger partial charge in [-0.05, 0) is 44.9 Å². The van der Waals surface area contributed by atoms with Crippen LogP contribution in [0.1, 0.15) is 31.5 Å². The maximum Gasteiger partial charge on any atom is 0.272 e. The van der Waals surface area contributed by atoms with Crippen molar-refractivity contribution in [3.05, 3.63) is 38.8 Å². The summed E-state index contributed by atoms with van der Waals surface area (Å²) < 4.78 is 6.57. The fraction of sp³-hybridized carbons (Fsp3) is 0.476. The van der Waals surface area contributed by atoms with Crippen molar-refractivity contribution in [2.24, 2.45) is 0 Å². The van der Waals surface area contributed by atoms with E-state index in [0.717, 1.165) is 58.9 Å². The molecule has 0 atom stereocenters. The molecular weight excluding hydrogens is 404 g/mol. The number of hydrogen-bond acceptors (Lipinski definition) is 7. The highest BCUT2D eigenvalue weighted by atomic mass is 32.1. The number of benzene rings is 1. The third kappa shape index (κ3) is 4.21. The van der Waals surface area contributed by atoms with Gasteiger partial charge in [-0.2, -0.15) is 0 Å². The van der Waals surface area contributed by atoms with E-state index in [9.17, 15) is 4.79 Å². The number of nitrogens with zero attached hydrogens (tertiary/aromatic N) is 4. The average Bonchev–Trinajstić information content (AvgIpc) is 3.29. The zero-order chi connectivity index (χ0) is 20.5. The molecule has 1 aliphatic rings. The van der Waals surface area contributed by atoms with Gasteiger partial charge in [-0.25, -0.2) is 9.97 Å². The fourth-order valence-corrected chi connectivity index (χ4v) is 5.45. The maximum absolute atomic E-state index is 13.5. The number of amides is 1. The molecule has 1 aromatic carbocycles. The van der Waals surface area contributed by atoms with Crippen molar-refractivity contribution in [2.75, 3.05) is 44.3 Å². The lowest BCUT2D eigenvalue weighted by molar-refractivity contribution is 0.0391. The highest BCUT2D eigenvalue weighted by molar-refractivity contribution is 7.22. The molecule has 0 saturated carbocycles. The van der Waals surface area contributed by atoms with Crippen LogP contribution in [0.15, 0.2) is 12.1 Å². The number of thiazole rings is 2. The number of ether oxygens (including phenoxy) is 1. The topological polar surface area (TPSA) is 58.6 Å². The summed E-state index contributed by atoms with van der Waals surface area (Å²) in [7, 11) is 0. The van der Waals surface area contributed by atoms with Gasteiger partial charge in [0.2, 0.25) is 0 Å². The van der Waals surface area contributed by atoms with E-state index < -0.39 is 0 Å². The first-order valence-electron chi connectivity index (χ1n) is 9.87. The van der Waals surface area contributed by atoms with Crippen LogP contribution in [0.3, 0.4) is 0 Å². The first-order chi connectivity index (χ1) is 13.9. The molecule has 29 heavy (non-hydrogen) atoms. The Morgan fingerprint density at radius 3 is 2.59 bits per heavy atom. The molecule has 154 valence electrons. The monoisotopic (exact) mass is 430 g/mol. The number of aromatic nitrogens is 2. The lowest BCUT2D eigenvalue weighted by atomic mass is 10.1. The van der Waals surface area contributed by atoms with Crippen LogP contribution in [0.4, 0.5) is 5.13 Å². The van der Waals surface area contributed by atoms with Crippen LogP contribution in [-0.4, -0.2) is 60.2 Å². The van der Waals surface area contributed by atoms with Crippen LogP contribution in [0.2, 0.25) is 0 Å². The van der Waals surface area contributed by atoms with Crippen molar-refractivity contribution < 1.29 is 9.53 Å². The van der Waals surface area contributed by atoms with Gasteiger partial charge >= 0.3 is 0 Å². The Bertz CT molecular complexity index is 1040. The fourth-order valence-electron chi connectivity index (χ4n) is 3.53. The first-order valence-corrected chi connectivity index (χ1v) is 11.5. The van der Waals surface area contributed by atoms with E-state index in [4.69, 9.17) is 9.72 Å².